The molecule has 0 spiro atoms. The van der Waals surface area contributed by atoms with Gasteiger partial charge in [0.05, 0.1) is 12.6 Å². The van der Waals surface area contributed by atoms with Gasteiger partial charge in [-0.2, -0.15) is 0 Å². The fourth-order valence-corrected chi connectivity index (χ4v) is 3.26. The molecule has 1 atom stereocenters. The molecule has 1 aliphatic rings. The third-order valence-electron chi connectivity index (χ3n) is 3.21. The second-order valence-electron chi connectivity index (χ2n) is 4.67. The Kier molecular flexibility index (Phi) is 4.43. The van der Waals surface area contributed by atoms with E-state index in [1.54, 1.807) is 11.8 Å². The van der Waals surface area contributed by atoms with Gasteiger partial charge in [0, 0.05) is 10.2 Å². The molecule has 0 bridgehead atoms. The monoisotopic (exact) mass is 346 g/mol. The van der Waals surface area contributed by atoms with Gasteiger partial charge in [-0.25, -0.2) is 0 Å². The van der Waals surface area contributed by atoms with Gasteiger partial charge >= 0.3 is 0 Å². The smallest absolute Gasteiger partial charge is 0.157 e. The summed E-state index contributed by atoms with van der Waals surface area (Å²) in [6.45, 7) is 0.826. The summed E-state index contributed by atoms with van der Waals surface area (Å²) in [5.74, 6) is 0.945. The molecule has 2 aromatic carbocycles. The van der Waals surface area contributed by atoms with Crippen molar-refractivity contribution in [2.45, 2.75) is 11.8 Å². The number of hydrogen-bond donors (Lipinski definition) is 1. The van der Waals surface area contributed by atoms with Crippen molar-refractivity contribution < 1.29 is 0 Å². The highest BCUT2D eigenvalue weighted by atomic mass is 79.9. The molecule has 0 unspecified atom stereocenters. The molecule has 3 rings (SSSR count). The second-order valence-corrected chi connectivity index (χ2v) is 6.55. The van der Waals surface area contributed by atoms with E-state index in [-0.39, 0.29) is 0 Å². The Bertz CT molecular complexity index is 596. The lowest BCUT2D eigenvalue weighted by Gasteiger charge is -2.11. The van der Waals surface area contributed by atoms with Gasteiger partial charge in [0.1, 0.15) is 0 Å². The number of rotatable bonds is 3. The van der Waals surface area contributed by atoms with Gasteiger partial charge in [0.15, 0.2) is 5.17 Å². The Balaban J connectivity index is 1.54. The van der Waals surface area contributed by atoms with E-state index in [0.717, 1.165) is 21.9 Å². The highest BCUT2D eigenvalue weighted by Crippen LogP contribution is 2.23. The zero-order valence-electron chi connectivity index (χ0n) is 10.9. The van der Waals surface area contributed by atoms with Gasteiger partial charge in [0.2, 0.25) is 0 Å². The standard InChI is InChI=1S/C16H15BrN2S/c17-14-8-6-12(7-9-14)11-20-16-18-10-15(19-16)13-4-2-1-3-5-13/h1-9,15H,10-11H2,(H,18,19)/t15-/m0/s1. The summed E-state index contributed by atoms with van der Waals surface area (Å²) in [6, 6.07) is 19.2. The third kappa shape index (κ3) is 3.44. The molecular formula is C16H15BrN2S. The van der Waals surface area contributed by atoms with Crippen LogP contribution >= 0.6 is 27.7 Å². The lowest BCUT2D eigenvalue weighted by atomic mass is 10.1. The molecule has 20 heavy (non-hydrogen) atoms. The molecule has 2 nitrogen and oxygen atoms in total. The number of halogens is 1. The molecule has 1 aliphatic heterocycles. The summed E-state index contributed by atoms with van der Waals surface area (Å²) in [4.78, 5) is 4.59. The molecule has 0 aromatic heterocycles. The van der Waals surface area contributed by atoms with E-state index < -0.39 is 0 Å². The first kappa shape index (κ1) is 13.7. The number of amidine groups is 1. The summed E-state index contributed by atoms with van der Waals surface area (Å²) in [7, 11) is 0. The maximum absolute atomic E-state index is 4.59. The molecule has 0 saturated carbocycles. The number of thioether (sulfide) groups is 1. The number of nitrogens with one attached hydrogen (secondary N) is 1. The minimum Gasteiger partial charge on any atom is -0.356 e. The van der Waals surface area contributed by atoms with E-state index in [1.165, 1.54) is 11.1 Å². The predicted octanol–water partition coefficient (Wildman–Crippen LogP) is 4.38. The van der Waals surface area contributed by atoms with Crippen molar-refractivity contribution >= 4 is 32.9 Å². The normalized spacial score (nSPS) is 17.6. The van der Waals surface area contributed by atoms with Crippen LogP contribution in [0.3, 0.4) is 0 Å². The molecule has 1 heterocycles. The Hall–Kier alpha value is -1.26. The predicted molar refractivity (Wildman–Crippen MR) is 90.1 cm³/mol. The quantitative estimate of drug-likeness (QED) is 0.891. The van der Waals surface area contributed by atoms with E-state index in [4.69, 9.17) is 0 Å². The zero-order valence-corrected chi connectivity index (χ0v) is 13.3. The molecule has 0 fully saturated rings. The average Bonchev–Trinajstić information content (AvgIpc) is 2.97. The summed E-state index contributed by atoms with van der Waals surface area (Å²) in [5.41, 5.74) is 2.61. The first-order valence-corrected chi connectivity index (χ1v) is 8.32. The van der Waals surface area contributed by atoms with Gasteiger partial charge < -0.3 is 5.32 Å². The van der Waals surface area contributed by atoms with Crippen molar-refractivity contribution in [2.24, 2.45) is 4.99 Å². The topological polar surface area (TPSA) is 24.4 Å². The molecule has 102 valence electrons. The lowest BCUT2D eigenvalue weighted by Crippen LogP contribution is -2.20. The van der Waals surface area contributed by atoms with Gasteiger partial charge in [0.25, 0.3) is 0 Å². The van der Waals surface area contributed by atoms with Crippen LogP contribution in [0.2, 0.25) is 0 Å². The minimum absolute atomic E-state index is 0.323. The molecule has 1 N–H and O–H groups in total. The number of benzene rings is 2. The van der Waals surface area contributed by atoms with Gasteiger partial charge in [-0.3, -0.25) is 4.99 Å². The van der Waals surface area contributed by atoms with Gasteiger partial charge in [-0.05, 0) is 23.3 Å². The van der Waals surface area contributed by atoms with Crippen molar-refractivity contribution in [3.63, 3.8) is 0 Å². The van der Waals surface area contributed by atoms with Crippen LogP contribution in [0.1, 0.15) is 17.2 Å². The number of nitrogens with zero attached hydrogens (tertiary/aromatic N) is 1. The molecule has 2 aromatic rings. The Labute approximate surface area is 131 Å². The summed E-state index contributed by atoms with van der Waals surface area (Å²) in [6.07, 6.45) is 0. The molecule has 0 radical (unpaired) electrons. The van der Waals surface area contributed by atoms with Crippen molar-refractivity contribution in [1.29, 1.82) is 0 Å². The molecular weight excluding hydrogens is 332 g/mol. The highest BCUT2D eigenvalue weighted by molar-refractivity contribution is 9.10. The van der Waals surface area contributed by atoms with Crippen LogP contribution in [-0.2, 0) is 5.75 Å². The highest BCUT2D eigenvalue weighted by Gasteiger charge is 2.18. The molecule has 0 saturated heterocycles. The summed E-state index contributed by atoms with van der Waals surface area (Å²) < 4.78 is 1.12. The fourth-order valence-electron chi connectivity index (χ4n) is 2.11. The van der Waals surface area contributed by atoms with Crippen LogP contribution in [0, 0.1) is 0 Å². The average molecular weight is 347 g/mol. The van der Waals surface area contributed by atoms with E-state index in [9.17, 15) is 0 Å². The molecule has 0 amide bonds. The summed E-state index contributed by atoms with van der Waals surface area (Å²) in [5, 5.41) is 4.54. The Morgan fingerprint density at radius 3 is 2.60 bits per heavy atom. The maximum Gasteiger partial charge on any atom is 0.157 e. The van der Waals surface area contributed by atoms with Crippen LogP contribution in [0.15, 0.2) is 64.1 Å². The lowest BCUT2D eigenvalue weighted by molar-refractivity contribution is 0.712. The van der Waals surface area contributed by atoms with Crippen LogP contribution < -0.4 is 5.32 Å². The third-order valence-corrected chi connectivity index (χ3v) is 4.73. The fraction of sp³-hybridized carbons (Fsp3) is 0.188. The van der Waals surface area contributed by atoms with Crippen LogP contribution in [0.5, 0.6) is 0 Å². The second kappa shape index (κ2) is 6.46. The number of aliphatic imine (C=N–C) groups is 1. The summed E-state index contributed by atoms with van der Waals surface area (Å²) >= 11 is 5.22. The Morgan fingerprint density at radius 2 is 1.85 bits per heavy atom. The van der Waals surface area contributed by atoms with Gasteiger partial charge in [-0.15, -0.1) is 0 Å². The van der Waals surface area contributed by atoms with Crippen LogP contribution in [0.25, 0.3) is 0 Å². The SMILES string of the molecule is Brc1ccc(CSC2=NC[C@@H](c3ccccc3)N2)cc1. The van der Waals surface area contributed by atoms with Crippen molar-refractivity contribution in [3.8, 4) is 0 Å². The van der Waals surface area contributed by atoms with Gasteiger partial charge in [-0.1, -0.05) is 70.2 Å². The van der Waals surface area contributed by atoms with Crippen molar-refractivity contribution in [3.05, 3.63) is 70.2 Å². The van der Waals surface area contributed by atoms with E-state index in [1.807, 2.05) is 6.07 Å². The molecule has 4 heteroatoms. The first-order valence-electron chi connectivity index (χ1n) is 6.54. The van der Waals surface area contributed by atoms with Crippen molar-refractivity contribution in [1.82, 2.24) is 5.32 Å². The van der Waals surface area contributed by atoms with E-state index in [2.05, 4.69) is 74.8 Å². The van der Waals surface area contributed by atoms with Crippen LogP contribution in [-0.4, -0.2) is 11.7 Å². The van der Waals surface area contributed by atoms with Crippen molar-refractivity contribution in [2.75, 3.05) is 6.54 Å². The van der Waals surface area contributed by atoms with E-state index in [0.29, 0.717) is 6.04 Å². The molecule has 0 aliphatic carbocycles. The number of hydrogen-bond acceptors (Lipinski definition) is 3. The first-order chi connectivity index (χ1) is 9.81. The largest absolute Gasteiger partial charge is 0.356 e. The van der Waals surface area contributed by atoms with Crippen LogP contribution in [0.4, 0.5) is 0 Å². The minimum atomic E-state index is 0.323. The van der Waals surface area contributed by atoms with E-state index >= 15 is 0 Å². The zero-order chi connectivity index (χ0) is 13.8. The Morgan fingerprint density at radius 1 is 1.10 bits per heavy atom. The maximum atomic E-state index is 4.59.